The number of amides is 1. The van der Waals surface area contributed by atoms with E-state index in [1.165, 1.54) is 12.1 Å². The van der Waals surface area contributed by atoms with Gasteiger partial charge in [0.05, 0.1) is 0 Å². The summed E-state index contributed by atoms with van der Waals surface area (Å²) in [5, 5.41) is 14.7. The number of benzene rings is 2. The molecule has 0 fully saturated rings. The van der Waals surface area contributed by atoms with Crippen molar-refractivity contribution < 1.29 is 19.5 Å². The molecule has 0 saturated carbocycles. The Bertz CT molecular complexity index is 725. The molecule has 2 atom stereocenters. The first-order valence-electron chi connectivity index (χ1n) is 6.99. The molecule has 1 aliphatic rings. The Morgan fingerprint density at radius 3 is 2.74 bits per heavy atom. The number of para-hydroxylation sites is 2. The van der Waals surface area contributed by atoms with Crippen molar-refractivity contribution >= 4 is 23.4 Å². The number of hydroxylamine groups is 1. The first-order valence-corrected chi connectivity index (χ1v) is 7.36. The second kappa shape index (κ2) is 6.36. The van der Waals surface area contributed by atoms with Gasteiger partial charge in [-0.3, -0.25) is 0 Å². The molecule has 3 rings (SSSR count). The number of halogens is 1. The zero-order valence-corrected chi connectivity index (χ0v) is 13.0. The summed E-state index contributed by atoms with van der Waals surface area (Å²) in [4.78, 5) is 16.8. The van der Waals surface area contributed by atoms with Gasteiger partial charge in [0.25, 0.3) is 0 Å². The molecule has 7 heteroatoms. The molecule has 6 nitrogen and oxygen atoms in total. The van der Waals surface area contributed by atoms with Gasteiger partial charge in [-0.2, -0.15) is 5.06 Å². The molecule has 1 amide bonds. The fourth-order valence-corrected chi connectivity index (χ4v) is 2.60. The number of rotatable bonds is 3. The Morgan fingerprint density at radius 2 is 2.00 bits per heavy atom. The van der Waals surface area contributed by atoms with Gasteiger partial charge >= 0.3 is 6.09 Å². The van der Waals surface area contributed by atoms with Crippen LogP contribution in [0.2, 0.25) is 5.02 Å². The second-order valence-electron chi connectivity index (χ2n) is 4.90. The monoisotopic (exact) mass is 334 g/mol. The molecule has 2 unspecified atom stereocenters. The van der Waals surface area contributed by atoms with E-state index >= 15 is 0 Å². The lowest BCUT2D eigenvalue weighted by molar-refractivity contribution is -0.00582. The standard InChI is InChI=1S/C16H15ClN2O4/c1-18-16(21)23-19-12-8-4-5-9-13(12)22-15(19)14(20)10-6-2-3-7-11(10)17/h2-9,14-15,20H,1H3,(H,18,21). The third kappa shape index (κ3) is 2.91. The van der Waals surface area contributed by atoms with Crippen molar-refractivity contribution in [3.63, 3.8) is 0 Å². The highest BCUT2D eigenvalue weighted by Crippen LogP contribution is 2.41. The molecule has 0 radical (unpaired) electrons. The van der Waals surface area contributed by atoms with E-state index in [1.54, 1.807) is 48.5 Å². The summed E-state index contributed by atoms with van der Waals surface area (Å²) in [5.74, 6) is 0.507. The van der Waals surface area contributed by atoms with Crippen LogP contribution in [0.25, 0.3) is 0 Å². The van der Waals surface area contributed by atoms with Crippen LogP contribution in [0.15, 0.2) is 48.5 Å². The minimum absolute atomic E-state index is 0.402. The van der Waals surface area contributed by atoms with Gasteiger partial charge in [-0.05, 0) is 18.2 Å². The molecule has 0 saturated heterocycles. The van der Waals surface area contributed by atoms with E-state index in [0.29, 0.717) is 22.0 Å². The maximum Gasteiger partial charge on any atom is 0.431 e. The summed E-state index contributed by atoms with van der Waals surface area (Å²) in [7, 11) is 1.45. The molecule has 0 aromatic heterocycles. The van der Waals surface area contributed by atoms with Crippen LogP contribution in [0.5, 0.6) is 5.75 Å². The Labute approximate surface area is 138 Å². The van der Waals surface area contributed by atoms with Crippen molar-refractivity contribution in [3.05, 3.63) is 59.1 Å². The molecule has 1 heterocycles. The highest BCUT2D eigenvalue weighted by Gasteiger charge is 2.40. The van der Waals surface area contributed by atoms with Crippen molar-refractivity contribution in [1.82, 2.24) is 5.32 Å². The number of nitrogens with zero attached hydrogens (tertiary/aromatic N) is 1. The normalized spacial score (nSPS) is 17.2. The van der Waals surface area contributed by atoms with Gasteiger partial charge in [0, 0.05) is 17.6 Å². The molecule has 0 spiro atoms. The molecule has 23 heavy (non-hydrogen) atoms. The van der Waals surface area contributed by atoms with Gasteiger partial charge in [0.2, 0.25) is 6.23 Å². The van der Waals surface area contributed by atoms with Crippen LogP contribution in [0.4, 0.5) is 10.5 Å². The summed E-state index contributed by atoms with van der Waals surface area (Å²) < 4.78 is 5.75. The quantitative estimate of drug-likeness (QED) is 0.903. The summed E-state index contributed by atoms with van der Waals surface area (Å²) in [6.45, 7) is 0. The van der Waals surface area contributed by atoms with Crippen molar-refractivity contribution in [2.75, 3.05) is 12.1 Å². The lowest BCUT2D eigenvalue weighted by atomic mass is 10.1. The maximum atomic E-state index is 11.6. The lowest BCUT2D eigenvalue weighted by Gasteiger charge is -2.27. The highest BCUT2D eigenvalue weighted by atomic mass is 35.5. The second-order valence-corrected chi connectivity index (χ2v) is 5.30. The molecular weight excluding hydrogens is 320 g/mol. The van der Waals surface area contributed by atoms with Crippen molar-refractivity contribution in [2.24, 2.45) is 0 Å². The van der Waals surface area contributed by atoms with E-state index in [0.717, 1.165) is 0 Å². The van der Waals surface area contributed by atoms with Crippen LogP contribution < -0.4 is 15.1 Å². The van der Waals surface area contributed by atoms with E-state index in [9.17, 15) is 9.90 Å². The zero-order valence-electron chi connectivity index (χ0n) is 12.3. The molecular formula is C16H15ClN2O4. The number of carbonyl (C=O) groups excluding carboxylic acids is 1. The Morgan fingerprint density at radius 1 is 1.30 bits per heavy atom. The topological polar surface area (TPSA) is 71.0 Å². The Hall–Kier alpha value is -2.44. The fourth-order valence-electron chi connectivity index (χ4n) is 2.35. The largest absolute Gasteiger partial charge is 0.462 e. The van der Waals surface area contributed by atoms with E-state index in [4.69, 9.17) is 21.2 Å². The number of hydrogen-bond donors (Lipinski definition) is 2. The average molecular weight is 335 g/mol. The van der Waals surface area contributed by atoms with Gasteiger partial charge in [-0.25, -0.2) is 4.79 Å². The van der Waals surface area contributed by atoms with Gasteiger partial charge in [0.15, 0.2) is 0 Å². The van der Waals surface area contributed by atoms with Crippen molar-refractivity contribution in [2.45, 2.75) is 12.3 Å². The maximum absolute atomic E-state index is 11.6. The molecule has 2 N–H and O–H groups in total. The number of hydrogen-bond acceptors (Lipinski definition) is 5. The molecule has 0 bridgehead atoms. The molecule has 0 aliphatic carbocycles. The average Bonchev–Trinajstić information content (AvgIpc) is 2.93. The summed E-state index contributed by atoms with van der Waals surface area (Å²) in [6.07, 6.45) is -2.72. The van der Waals surface area contributed by atoms with E-state index in [1.807, 2.05) is 0 Å². The van der Waals surface area contributed by atoms with E-state index in [2.05, 4.69) is 5.32 Å². The lowest BCUT2D eigenvalue weighted by Crippen LogP contribution is -2.43. The Balaban J connectivity index is 1.94. The number of ether oxygens (including phenoxy) is 1. The number of anilines is 1. The zero-order chi connectivity index (χ0) is 16.4. The van der Waals surface area contributed by atoms with Gasteiger partial charge in [-0.15, -0.1) is 0 Å². The van der Waals surface area contributed by atoms with Crippen LogP contribution in [-0.2, 0) is 4.84 Å². The van der Waals surface area contributed by atoms with Crippen molar-refractivity contribution in [3.8, 4) is 5.75 Å². The predicted octanol–water partition coefficient (Wildman–Crippen LogP) is 2.87. The predicted molar refractivity (Wildman–Crippen MR) is 85.3 cm³/mol. The number of fused-ring (bicyclic) bond motifs is 1. The van der Waals surface area contributed by atoms with E-state index in [-0.39, 0.29) is 0 Å². The summed E-state index contributed by atoms with van der Waals surface area (Å²) in [6, 6.07) is 13.9. The van der Waals surface area contributed by atoms with Gasteiger partial charge in [0.1, 0.15) is 17.5 Å². The molecule has 120 valence electrons. The van der Waals surface area contributed by atoms with Crippen LogP contribution in [0.1, 0.15) is 11.7 Å². The highest BCUT2D eigenvalue weighted by molar-refractivity contribution is 6.31. The first-order chi connectivity index (χ1) is 11.1. The van der Waals surface area contributed by atoms with Crippen molar-refractivity contribution in [1.29, 1.82) is 0 Å². The third-order valence-corrected chi connectivity index (χ3v) is 3.81. The number of nitrogens with one attached hydrogen (secondary N) is 1. The van der Waals surface area contributed by atoms with E-state index < -0.39 is 18.4 Å². The minimum Gasteiger partial charge on any atom is -0.462 e. The van der Waals surface area contributed by atoms with Crippen LogP contribution in [0.3, 0.4) is 0 Å². The van der Waals surface area contributed by atoms with Gasteiger partial charge < -0.3 is 20.0 Å². The summed E-state index contributed by atoms with van der Waals surface area (Å²) in [5.41, 5.74) is 1.03. The number of aliphatic hydroxyl groups excluding tert-OH is 1. The molecule has 1 aliphatic heterocycles. The fraction of sp³-hybridized carbons (Fsp3) is 0.188. The first kappa shape index (κ1) is 15.5. The Kier molecular flexibility index (Phi) is 4.27. The number of carbonyl (C=O) groups is 1. The van der Waals surface area contributed by atoms with Crippen LogP contribution >= 0.6 is 11.6 Å². The van der Waals surface area contributed by atoms with Gasteiger partial charge in [-0.1, -0.05) is 41.9 Å². The minimum atomic E-state index is -1.11. The van der Waals surface area contributed by atoms with Crippen LogP contribution in [-0.4, -0.2) is 24.5 Å². The number of aliphatic hydroxyl groups is 1. The smallest absolute Gasteiger partial charge is 0.431 e. The molecule has 2 aromatic carbocycles. The summed E-state index contributed by atoms with van der Waals surface area (Å²) >= 11 is 6.14. The SMILES string of the molecule is CNC(=O)ON1c2ccccc2OC1C(O)c1ccccc1Cl. The van der Waals surface area contributed by atoms with Crippen LogP contribution in [0, 0.1) is 0 Å². The molecule has 2 aromatic rings. The third-order valence-electron chi connectivity index (χ3n) is 3.46.